The molecule has 0 aromatic rings. The fourth-order valence-electron chi connectivity index (χ4n) is 1.74. The molecule has 15 heavy (non-hydrogen) atoms. The highest BCUT2D eigenvalue weighted by Crippen LogP contribution is 2.11. The van der Waals surface area contributed by atoms with E-state index in [1.165, 1.54) is 7.11 Å². The molecule has 0 aromatic heterocycles. The number of hydrogen-bond acceptors (Lipinski definition) is 4. The Kier molecular flexibility index (Phi) is 5.36. The van der Waals surface area contributed by atoms with Crippen LogP contribution in [-0.2, 0) is 14.3 Å². The monoisotopic (exact) mass is 213 g/mol. The van der Waals surface area contributed by atoms with Crippen molar-refractivity contribution in [1.82, 2.24) is 4.90 Å². The molecule has 0 radical (unpaired) electrons. The number of ether oxygens (including phenoxy) is 2. The first-order valence-electron chi connectivity index (χ1n) is 5.22. The molecule has 1 aliphatic heterocycles. The second-order valence-electron chi connectivity index (χ2n) is 3.65. The average Bonchev–Trinajstić information content (AvgIpc) is 2.76. The van der Waals surface area contributed by atoms with Crippen molar-refractivity contribution in [3.05, 3.63) is 12.2 Å². The number of methoxy groups -OCH3 is 2. The molecule has 1 atom stereocenters. The van der Waals surface area contributed by atoms with Gasteiger partial charge in [-0.1, -0.05) is 12.2 Å². The molecule has 1 aliphatic rings. The summed E-state index contributed by atoms with van der Waals surface area (Å²) in [5.74, 6) is -0.150. The van der Waals surface area contributed by atoms with Crippen LogP contribution in [-0.4, -0.2) is 50.8 Å². The first kappa shape index (κ1) is 12.2. The summed E-state index contributed by atoms with van der Waals surface area (Å²) in [5, 5.41) is 0. The lowest BCUT2D eigenvalue weighted by Gasteiger charge is -2.26. The van der Waals surface area contributed by atoms with Crippen molar-refractivity contribution in [2.24, 2.45) is 0 Å². The maximum atomic E-state index is 11.0. The van der Waals surface area contributed by atoms with Crippen molar-refractivity contribution < 1.29 is 14.3 Å². The minimum atomic E-state index is -0.150. The summed E-state index contributed by atoms with van der Waals surface area (Å²) >= 11 is 0. The van der Waals surface area contributed by atoms with Crippen LogP contribution in [0.3, 0.4) is 0 Å². The van der Waals surface area contributed by atoms with E-state index in [9.17, 15) is 4.79 Å². The van der Waals surface area contributed by atoms with Crippen molar-refractivity contribution in [2.75, 3.05) is 33.9 Å². The van der Waals surface area contributed by atoms with E-state index in [2.05, 4.69) is 21.8 Å². The third-order valence-electron chi connectivity index (χ3n) is 2.63. The second kappa shape index (κ2) is 6.58. The predicted octanol–water partition coefficient (Wildman–Crippen LogP) is 0.826. The van der Waals surface area contributed by atoms with Gasteiger partial charge in [-0.15, -0.1) is 0 Å². The smallest absolute Gasteiger partial charge is 0.305 e. The van der Waals surface area contributed by atoms with Crippen molar-refractivity contribution >= 4 is 5.97 Å². The Morgan fingerprint density at radius 1 is 1.40 bits per heavy atom. The van der Waals surface area contributed by atoms with E-state index in [1.807, 2.05) is 0 Å². The van der Waals surface area contributed by atoms with Gasteiger partial charge in [0.1, 0.15) is 0 Å². The summed E-state index contributed by atoms with van der Waals surface area (Å²) in [7, 11) is 3.11. The minimum absolute atomic E-state index is 0.150. The van der Waals surface area contributed by atoms with E-state index in [-0.39, 0.29) is 5.97 Å². The predicted molar refractivity (Wildman–Crippen MR) is 57.6 cm³/mol. The van der Waals surface area contributed by atoms with Crippen LogP contribution in [0.5, 0.6) is 0 Å². The standard InChI is InChI=1S/C11H19NO3/c1-14-9-10(5-6-11(13)15-2)12-7-3-4-8-12/h3-4,10H,5-9H2,1-2H3. The summed E-state index contributed by atoms with van der Waals surface area (Å²) in [6, 6.07) is 0.309. The molecule has 1 rings (SSSR count). The zero-order valence-corrected chi connectivity index (χ0v) is 9.44. The molecule has 0 spiro atoms. The first-order chi connectivity index (χ1) is 7.27. The molecule has 1 unspecified atom stereocenters. The van der Waals surface area contributed by atoms with Gasteiger partial charge >= 0.3 is 5.97 Å². The lowest BCUT2D eigenvalue weighted by atomic mass is 10.1. The van der Waals surface area contributed by atoms with Crippen LogP contribution in [0, 0.1) is 0 Å². The lowest BCUT2D eigenvalue weighted by molar-refractivity contribution is -0.141. The molecule has 0 amide bonds. The van der Waals surface area contributed by atoms with E-state index in [0.717, 1.165) is 19.5 Å². The highest BCUT2D eigenvalue weighted by molar-refractivity contribution is 5.69. The van der Waals surface area contributed by atoms with Gasteiger partial charge < -0.3 is 9.47 Å². The Labute approximate surface area is 90.8 Å². The number of carbonyl (C=O) groups excluding carboxylic acids is 1. The third kappa shape index (κ3) is 4.01. The normalized spacial score (nSPS) is 18.0. The molecule has 0 saturated heterocycles. The van der Waals surface area contributed by atoms with E-state index in [1.54, 1.807) is 7.11 Å². The Morgan fingerprint density at radius 2 is 2.07 bits per heavy atom. The molecule has 4 heteroatoms. The fourth-order valence-corrected chi connectivity index (χ4v) is 1.74. The van der Waals surface area contributed by atoms with Crippen molar-refractivity contribution in [2.45, 2.75) is 18.9 Å². The van der Waals surface area contributed by atoms with Crippen LogP contribution >= 0.6 is 0 Å². The molecule has 4 nitrogen and oxygen atoms in total. The van der Waals surface area contributed by atoms with Crippen molar-refractivity contribution in [3.8, 4) is 0 Å². The number of rotatable bonds is 6. The molecule has 0 fully saturated rings. The van der Waals surface area contributed by atoms with E-state index in [0.29, 0.717) is 19.1 Å². The largest absolute Gasteiger partial charge is 0.469 e. The van der Waals surface area contributed by atoms with Crippen LogP contribution in [0.15, 0.2) is 12.2 Å². The molecule has 0 aromatic carbocycles. The maximum absolute atomic E-state index is 11.0. The van der Waals surface area contributed by atoms with Gasteiger partial charge in [0.15, 0.2) is 0 Å². The highest BCUT2D eigenvalue weighted by Gasteiger charge is 2.19. The van der Waals surface area contributed by atoms with Crippen LogP contribution in [0.25, 0.3) is 0 Å². The summed E-state index contributed by atoms with van der Waals surface area (Å²) < 4.78 is 9.79. The number of nitrogens with zero attached hydrogens (tertiary/aromatic N) is 1. The molecule has 0 N–H and O–H groups in total. The van der Waals surface area contributed by atoms with Crippen molar-refractivity contribution in [3.63, 3.8) is 0 Å². The van der Waals surface area contributed by atoms with Gasteiger partial charge in [-0.25, -0.2) is 0 Å². The summed E-state index contributed by atoms with van der Waals surface area (Å²) in [4.78, 5) is 13.3. The molecular formula is C11H19NO3. The summed E-state index contributed by atoms with van der Waals surface area (Å²) in [6.45, 7) is 2.57. The quantitative estimate of drug-likeness (QED) is 0.484. The zero-order valence-electron chi connectivity index (χ0n) is 9.44. The molecule has 0 saturated carbocycles. The van der Waals surface area contributed by atoms with E-state index >= 15 is 0 Å². The van der Waals surface area contributed by atoms with Gasteiger partial charge in [-0.3, -0.25) is 9.69 Å². The van der Waals surface area contributed by atoms with Gasteiger partial charge in [0, 0.05) is 32.7 Å². The van der Waals surface area contributed by atoms with Crippen LogP contribution in [0.4, 0.5) is 0 Å². The van der Waals surface area contributed by atoms with Gasteiger partial charge in [0.05, 0.1) is 13.7 Å². The molecule has 0 bridgehead atoms. The SMILES string of the molecule is COCC(CCC(=O)OC)N1CC=CC1. The zero-order chi connectivity index (χ0) is 11.1. The third-order valence-corrected chi connectivity index (χ3v) is 2.63. The molecule has 86 valence electrons. The minimum Gasteiger partial charge on any atom is -0.469 e. The van der Waals surface area contributed by atoms with Crippen LogP contribution < -0.4 is 0 Å². The summed E-state index contributed by atoms with van der Waals surface area (Å²) in [5.41, 5.74) is 0. The molecule has 1 heterocycles. The van der Waals surface area contributed by atoms with Gasteiger partial charge in [0.25, 0.3) is 0 Å². The second-order valence-corrected chi connectivity index (χ2v) is 3.65. The van der Waals surface area contributed by atoms with Crippen molar-refractivity contribution in [1.29, 1.82) is 0 Å². The average molecular weight is 213 g/mol. The summed E-state index contributed by atoms with van der Waals surface area (Å²) in [6.07, 6.45) is 5.53. The maximum Gasteiger partial charge on any atom is 0.305 e. The van der Waals surface area contributed by atoms with E-state index < -0.39 is 0 Å². The lowest BCUT2D eigenvalue weighted by Crippen LogP contribution is -2.37. The van der Waals surface area contributed by atoms with Gasteiger partial charge in [0.2, 0.25) is 0 Å². The fraction of sp³-hybridized carbons (Fsp3) is 0.727. The molecule has 0 aliphatic carbocycles. The first-order valence-corrected chi connectivity index (χ1v) is 5.22. The Bertz CT molecular complexity index is 220. The number of hydrogen-bond donors (Lipinski definition) is 0. The topological polar surface area (TPSA) is 38.8 Å². The van der Waals surface area contributed by atoms with Gasteiger partial charge in [-0.05, 0) is 6.42 Å². The van der Waals surface area contributed by atoms with Crippen LogP contribution in [0.2, 0.25) is 0 Å². The Hall–Kier alpha value is -0.870. The Morgan fingerprint density at radius 3 is 2.60 bits per heavy atom. The van der Waals surface area contributed by atoms with Gasteiger partial charge in [-0.2, -0.15) is 0 Å². The highest BCUT2D eigenvalue weighted by atomic mass is 16.5. The van der Waals surface area contributed by atoms with E-state index in [4.69, 9.17) is 4.74 Å². The van der Waals surface area contributed by atoms with Crippen LogP contribution in [0.1, 0.15) is 12.8 Å². The number of carbonyl (C=O) groups is 1. The Balaban J connectivity index is 2.32. The molecular weight excluding hydrogens is 194 g/mol. The number of esters is 1.